The number of aromatic nitrogens is 1. The zero-order valence-corrected chi connectivity index (χ0v) is 12.1. The summed E-state index contributed by atoms with van der Waals surface area (Å²) < 4.78 is 5.04. The maximum absolute atomic E-state index is 12.2. The predicted molar refractivity (Wildman–Crippen MR) is 79.8 cm³/mol. The van der Waals surface area contributed by atoms with Crippen LogP contribution in [0.15, 0.2) is 42.6 Å². The highest BCUT2D eigenvalue weighted by Crippen LogP contribution is 2.19. The van der Waals surface area contributed by atoms with Gasteiger partial charge in [0.05, 0.1) is 18.1 Å². The van der Waals surface area contributed by atoms with Gasteiger partial charge in [-0.25, -0.2) is 0 Å². The van der Waals surface area contributed by atoms with Crippen molar-refractivity contribution in [1.29, 1.82) is 0 Å². The Bertz CT molecular complexity index is 703. The largest absolute Gasteiger partial charge is 0.497 e. The first-order valence-corrected chi connectivity index (χ1v) is 6.56. The first-order chi connectivity index (χ1) is 10.5. The van der Waals surface area contributed by atoms with E-state index in [0.29, 0.717) is 11.3 Å². The maximum atomic E-state index is 12.2. The third-order valence-corrected chi connectivity index (χ3v) is 3.13. The molecule has 114 valence electrons. The summed E-state index contributed by atoms with van der Waals surface area (Å²) in [4.78, 5) is 26.4. The van der Waals surface area contributed by atoms with Crippen LogP contribution in [0.2, 0.25) is 0 Å². The molecule has 7 nitrogen and oxygen atoms in total. The molecule has 0 spiro atoms. The number of amides is 1. The summed E-state index contributed by atoms with van der Waals surface area (Å²) in [7, 11) is 1.50. The van der Waals surface area contributed by atoms with E-state index in [0.717, 1.165) is 0 Å². The van der Waals surface area contributed by atoms with Gasteiger partial charge in [0, 0.05) is 24.4 Å². The number of nitrogens with one attached hydrogen (secondary N) is 1. The van der Waals surface area contributed by atoms with Crippen LogP contribution >= 0.6 is 0 Å². The molecule has 0 radical (unpaired) electrons. The Morgan fingerprint density at radius 3 is 2.82 bits per heavy atom. The van der Waals surface area contributed by atoms with Crippen molar-refractivity contribution in [3.63, 3.8) is 0 Å². The monoisotopic (exact) mass is 301 g/mol. The van der Waals surface area contributed by atoms with Crippen molar-refractivity contribution in [3.8, 4) is 5.75 Å². The van der Waals surface area contributed by atoms with Crippen LogP contribution in [-0.4, -0.2) is 22.9 Å². The highest BCUT2D eigenvalue weighted by molar-refractivity contribution is 5.92. The summed E-state index contributed by atoms with van der Waals surface area (Å²) in [5.41, 5.74) is 0.847. The number of nitro groups is 1. The van der Waals surface area contributed by atoms with Crippen LogP contribution in [0.25, 0.3) is 0 Å². The van der Waals surface area contributed by atoms with E-state index in [9.17, 15) is 14.9 Å². The fraction of sp³-hybridized carbons (Fsp3) is 0.200. The Morgan fingerprint density at radius 1 is 1.36 bits per heavy atom. The molecule has 0 saturated heterocycles. The molecule has 0 bridgehead atoms. The summed E-state index contributed by atoms with van der Waals surface area (Å²) in [5, 5.41) is 13.5. The second-order valence-corrected chi connectivity index (χ2v) is 4.63. The van der Waals surface area contributed by atoms with E-state index in [2.05, 4.69) is 10.3 Å². The van der Waals surface area contributed by atoms with Crippen LogP contribution in [0.3, 0.4) is 0 Å². The fourth-order valence-corrected chi connectivity index (χ4v) is 1.92. The molecule has 1 heterocycles. The molecule has 0 aliphatic rings. The molecular weight excluding hydrogens is 286 g/mol. The van der Waals surface area contributed by atoms with Crippen LogP contribution in [0.5, 0.6) is 5.75 Å². The Balaban J connectivity index is 2.13. The van der Waals surface area contributed by atoms with E-state index in [-0.39, 0.29) is 23.3 Å². The molecule has 22 heavy (non-hydrogen) atoms. The van der Waals surface area contributed by atoms with Gasteiger partial charge in [-0.05, 0) is 18.6 Å². The Labute approximate surface area is 127 Å². The number of hydrogen-bond acceptors (Lipinski definition) is 5. The van der Waals surface area contributed by atoms with Crippen LogP contribution in [0, 0.1) is 10.1 Å². The second-order valence-electron chi connectivity index (χ2n) is 4.63. The summed E-state index contributed by atoms with van der Waals surface area (Å²) in [6, 6.07) is 8.92. The van der Waals surface area contributed by atoms with E-state index in [1.807, 2.05) is 0 Å². The lowest BCUT2D eigenvalue weighted by Crippen LogP contribution is -2.27. The Morgan fingerprint density at radius 2 is 2.14 bits per heavy atom. The SMILES string of the molecule is COc1ccnc(C(=O)NC(C)c2cccc([N+](=O)[O-])c2)c1. The highest BCUT2D eigenvalue weighted by Gasteiger charge is 2.15. The number of ether oxygens (including phenoxy) is 1. The number of hydrogen-bond donors (Lipinski definition) is 1. The number of non-ortho nitro benzene ring substituents is 1. The zero-order chi connectivity index (χ0) is 16.1. The summed E-state index contributed by atoms with van der Waals surface area (Å²) in [6.45, 7) is 1.75. The van der Waals surface area contributed by atoms with Crippen molar-refractivity contribution in [2.24, 2.45) is 0 Å². The van der Waals surface area contributed by atoms with Gasteiger partial charge in [0.2, 0.25) is 0 Å². The molecule has 0 saturated carbocycles. The molecule has 1 N–H and O–H groups in total. The molecule has 2 aromatic rings. The predicted octanol–water partition coefficient (Wildman–Crippen LogP) is 2.49. The van der Waals surface area contributed by atoms with E-state index in [1.54, 1.807) is 25.1 Å². The Hall–Kier alpha value is -2.96. The lowest BCUT2D eigenvalue weighted by atomic mass is 10.1. The van der Waals surface area contributed by atoms with Gasteiger partial charge in [0.1, 0.15) is 11.4 Å². The normalized spacial score (nSPS) is 11.5. The number of methoxy groups -OCH3 is 1. The molecule has 7 heteroatoms. The zero-order valence-electron chi connectivity index (χ0n) is 12.1. The molecule has 1 aromatic heterocycles. The standard InChI is InChI=1S/C15H15N3O4/c1-10(11-4-3-5-12(8-11)18(20)21)17-15(19)14-9-13(22-2)6-7-16-14/h3-10H,1-2H3,(H,17,19). The van der Waals surface area contributed by atoms with Crippen LogP contribution in [0.4, 0.5) is 5.69 Å². The lowest BCUT2D eigenvalue weighted by Gasteiger charge is -2.14. The topological polar surface area (TPSA) is 94.4 Å². The maximum Gasteiger partial charge on any atom is 0.270 e. The average Bonchev–Trinajstić information content (AvgIpc) is 2.54. The minimum Gasteiger partial charge on any atom is -0.497 e. The van der Waals surface area contributed by atoms with Crippen molar-refractivity contribution in [2.75, 3.05) is 7.11 Å². The lowest BCUT2D eigenvalue weighted by molar-refractivity contribution is -0.384. The van der Waals surface area contributed by atoms with Crippen LogP contribution in [0.1, 0.15) is 29.0 Å². The van der Waals surface area contributed by atoms with Gasteiger partial charge < -0.3 is 10.1 Å². The minimum absolute atomic E-state index is 0.0156. The number of carbonyl (C=O) groups excluding carboxylic acids is 1. The molecular formula is C15H15N3O4. The number of carbonyl (C=O) groups is 1. The third-order valence-electron chi connectivity index (χ3n) is 3.13. The van der Waals surface area contributed by atoms with Crippen molar-refractivity contribution < 1.29 is 14.5 Å². The van der Waals surface area contributed by atoms with Gasteiger partial charge in [0.25, 0.3) is 11.6 Å². The van der Waals surface area contributed by atoms with Gasteiger partial charge in [0.15, 0.2) is 0 Å². The van der Waals surface area contributed by atoms with Crippen molar-refractivity contribution >= 4 is 11.6 Å². The van der Waals surface area contributed by atoms with E-state index < -0.39 is 4.92 Å². The minimum atomic E-state index is -0.471. The number of nitrogens with zero attached hydrogens (tertiary/aromatic N) is 2. The quantitative estimate of drug-likeness (QED) is 0.676. The summed E-state index contributed by atoms with van der Waals surface area (Å²) >= 11 is 0. The second kappa shape index (κ2) is 6.66. The van der Waals surface area contributed by atoms with Crippen molar-refractivity contribution in [3.05, 3.63) is 64.0 Å². The van der Waals surface area contributed by atoms with Crippen molar-refractivity contribution in [2.45, 2.75) is 13.0 Å². The molecule has 1 unspecified atom stereocenters. The van der Waals surface area contributed by atoms with Gasteiger partial charge in [-0.15, -0.1) is 0 Å². The molecule has 0 aliphatic carbocycles. The smallest absolute Gasteiger partial charge is 0.270 e. The first-order valence-electron chi connectivity index (χ1n) is 6.56. The average molecular weight is 301 g/mol. The van der Waals surface area contributed by atoms with E-state index in [1.165, 1.54) is 31.5 Å². The highest BCUT2D eigenvalue weighted by atomic mass is 16.6. The molecule has 1 aromatic carbocycles. The van der Waals surface area contributed by atoms with Gasteiger partial charge in [-0.3, -0.25) is 19.9 Å². The van der Waals surface area contributed by atoms with Gasteiger partial charge >= 0.3 is 0 Å². The third kappa shape index (κ3) is 3.57. The molecule has 0 aliphatic heterocycles. The van der Waals surface area contributed by atoms with Crippen molar-refractivity contribution in [1.82, 2.24) is 10.3 Å². The fourth-order valence-electron chi connectivity index (χ4n) is 1.92. The number of rotatable bonds is 5. The number of benzene rings is 1. The molecule has 1 amide bonds. The van der Waals surface area contributed by atoms with E-state index in [4.69, 9.17) is 4.74 Å². The molecule has 2 rings (SSSR count). The molecule has 0 fully saturated rings. The first kappa shape index (κ1) is 15.4. The van der Waals surface area contributed by atoms with Crippen LogP contribution < -0.4 is 10.1 Å². The summed E-state index contributed by atoms with van der Waals surface area (Å²) in [5.74, 6) is 0.154. The van der Waals surface area contributed by atoms with Gasteiger partial charge in [-0.1, -0.05) is 12.1 Å². The van der Waals surface area contributed by atoms with Crippen LogP contribution in [-0.2, 0) is 0 Å². The number of pyridine rings is 1. The van der Waals surface area contributed by atoms with Gasteiger partial charge in [-0.2, -0.15) is 0 Å². The number of nitro benzene ring substituents is 1. The van der Waals surface area contributed by atoms with E-state index >= 15 is 0 Å². The Kier molecular flexibility index (Phi) is 4.67. The molecule has 1 atom stereocenters. The summed E-state index contributed by atoms with van der Waals surface area (Å²) in [6.07, 6.45) is 1.48.